The summed E-state index contributed by atoms with van der Waals surface area (Å²) in [5.74, 6) is 0. The van der Waals surface area contributed by atoms with E-state index in [4.69, 9.17) is 0 Å². The highest BCUT2D eigenvalue weighted by Crippen LogP contribution is 2.26. The van der Waals surface area contributed by atoms with Crippen LogP contribution in [0.1, 0.15) is 38.8 Å². The molecule has 1 atom stereocenters. The van der Waals surface area contributed by atoms with Crippen LogP contribution >= 0.6 is 0 Å². The molecule has 2 N–H and O–H groups in total. The zero-order chi connectivity index (χ0) is 12.5. The number of rotatable bonds is 3. The van der Waals surface area contributed by atoms with E-state index in [2.05, 4.69) is 56.5 Å². The number of nitrogens with one attached hydrogen (secondary N) is 2. The maximum absolute atomic E-state index is 3.53. The normalized spacial score (nSPS) is 18.9. The van der Waals surface area contributed by atoms with E-state index < -0.39 is 0 Å². The molecule has 1 aliphatic heterocycles. The van der Waals surface area contributed by atoms with E-state index in [0.717, 1.165) is 19.4 Å². The maximum atomic E-state index is 3.53. The van der Waals surface area contributed by atoms with Gasteiger partial charge in [-0.1, -0.05) is 12.1 Å². The van der Waals surface area contributed by atoms with Gasteiger partial charge < -0.3 is 10.6 Å². The molecule has 0 amide bonds. The first kappa shape index (κ1) is 12.4. The Morgan fingerprint density at radius 1 is 1.35 bits per heavy atom. The van der Waals surface area contributed by atoms with Gasteiger partial charge in [0.05, 0.1) is 0 Å². The third kappa shape index (κ3) is 3.47. The SMILES string of the molecule is CC1Cc2cc(CCNC(C)(C)C)ccc2N1. The predicted octanol–water partition coefficient (Wildman–Crippen LogP) is 2.97. The van der Waals surface area contributed by atoms with Gasteiger partial charge in [-0.25, -0.2) is 0 Å². The van der Waals surface area contributed by atoms with Gasteiger partial charge in [0.2, 0.25) is 0 Å². The van der Waals surface area contributed by atoms with Crippen molar-refractivity contribution < 1.29 is 0 Å². The molecule has 1 aliphatic rings. The second-order valence-electron chi connectivity index (χ2n) is 6.17. The van der Waals surface area contributed by atoms with Crippen LogP contribution in [0.15, 0.2) is 18.2 Å². The van der Waals surface area contributed by atoms with Gasteiger partial charge in [-0.05, 0) is 64.3 Å². The number of benzene rings is 1. The lowest BCUT2D eigenvalue weighted by Gasteiger charge is -2.20. The largest absolute Gasteiger partial charge is 0.382 e. The molecule has 94 valence electrons. The summed E-state index contributed by atoms with van der Waals surface area (Å²) in [7, 11) is 0. The Labute approximate surface area is 105 Å². The lowest BCUT2D eigenvalue weighted by molar-refractivity contribution is 0.429. The minimum absolute atomic E-state index is 0.215. The van der Waals surface area contributed by atoms with Gasteiger partial charge in [0, 0.05) is 17.3 Å². The monoisotopic (exact) mass is 232 g/mol. The second kappa shape index (κ2) is 4.69. The minimum atomic E-state index is 0.215. The summed E-state index contributed by atoms with van der Waals surface area (Å²) in [6.45, 7) is 9.91. The molecule has 2 heteroatoms. The quantitative estimate of drug-likeness (QED) is 0.837. The Hall–Kier alpha value is -1.02. The van der Waals surface area contributed by atoms with Crippen molar-refractivity contribution in [3.05, 3.63) is 29.3 Å². The van der Waals surface area contributed by atoms with Crippen LogP contribution in [0.4, 0.5) is 5.69 Å². The van der Waals surface area contributed by atoms with E-state index >= 15 is 0 Å². The van der Waals surface area contributed by atoms with Crippen LogP contribution in [0.2, 0.25) is 0 Å². The summed E-state index contributed by atoms with van der Waals surface area (Å²) in [6.07, 6.45) is 2.27. The van der Waals surface area contributed by atoms with E-state index in [1.807, 2.05) is 0 Å². The molecule has 0 radical (unpaired) electrons. The van der Waals surface area contributed by atoms with Gasteiger partial charge in [0.1, 0.15) is 0 Å². The average molecular weight is 232 g/mol. The fourth-order valence-electron chi connectivity index (χ4n) is 2.34. The maximum Gasteiger partial charge on any atom is 0.0375 e. The van der Waals surface area contributed by atoms with Crippen LogP contribution in [0.25, 0.3) is 0 Å². The highest BCUT2D eigenvalue weighted by atomic mass is 14.9. The van der Waals surface area contributed by atoms with E-state index in [0.29, 0.717) is 6.04 Å². The van der Waals surface area contributed by atoms with E-state index in [-0.39, 0.29) is 5.54 Å². The molecule has 0 spiro atoms. The number of anilines is 1. The van der Waals surface area contributed by atoms with Crippen molar-refractivity contribution in [3.63, 3.8) is 0 Å². The third-order valence-corrected chi connectivity index (χ3v) is 3.17. The molecule has 0 aliphatic carbocycles. The Morgan fingerprint density at radius 2 is 2.12 bits per heavy atom. The van der Waals surface area contributed by atoms with E-state index in [1.54, 1.807) is 0 Å². The van der Waals surface area contributed by atoms with Gasteiger partial charge >= 0.3 is 0 Å². The van der Waals surface area contributed by atoms with Crippen molar-refractivity contribution in [3.8, 4) is 0 Å². The topological polar surface area (TPSA) is 24.1 Å². The molecule has 1 aromatic carbocycles. The zero-order valence-corrected chi connectivity index (χ0v) is 11.4. The molecule has 0 fully saturated rings. The summed E-state index contributed by atoms with van der Waals surface area (Å²) in [5.41, 5.74) is 4.46. The molecule has 1 aromatic rings. The van der Waals surface area contributed by atoms with Crippen molar-refractivity contribution in [2.24, 2.45) is 0 Å². The van der Waals surface area contributed by atoms with Crippen LogP contribution in [0, 0.1) is 0 Å². The van der Waals surface area contributed by atoms with Gasteiger partial charge in [-0.2, -0.15) is 0 Å². The first-order chi connectivity index (χ1) is 7.94. The summed E-state index contributed by atoms with van der Waals surface area (Å²) >= 11 is 0. The third-order valence-electron chi connectivity index (χ3n) is 3.17. The van der Waals surface area contributed by atoms with Crippen LogP contribution in [0.3, 0.4) is 0 Å². The number of hydrogen-bond acceptors (Lipinski definition) is 2. The molecule has 0 aromatic heterocycles. The zero-order valence-electron chi connectivity index (χ0n) is 11.4. The molecule has 0 bridgehead atoms. The average Bonchev–Trinajstić information content (AvgIpc) is 2.55. The lowest BCUT2D eigenvalue weighted by atomic mass is 10.0. The predicted molar refractivity (Wildman–Crippen MR) is 74.7 cm³/mol. The van der Waals surface area contributed by atoms with E-state index in [1.165, 1.54) is 16.8 Å². The molecule has 0 saturated heterocycles. The minimum Gasteiger partial charge on any atom is -0.382 e. The van der Waals surface area contributed by atoms with Crippen LogP contribution < -0.4 is 10.6 Å². The highest BCUT2D eigenvalue weighted by Gasteiger charge is 2.16. The smallest absolute Gasteiger partial charge is 0.0375 e. The van der Waals surface area contributed by atoms with Crippen molar-refractivity contribution in [2.75, 3.05) is 11.9 Å². The molecular formula is C15H24N2. The first-order valence-corrected chi connectivity index (χ1v) is 6.57. The van der Waals surface area contributed by atoms with Crippen molar-refractivity contribution in [1.29, 1.82) is 0 Å². The fourth-order valence-corrected chi connectivity index (χ4v) is 2.34. The Bertz CT molecular complexity index is 390. The van der Waals surface area contributed by atoms with Gasteiger partial charge in [0.25, 0.3) is 0 Å². The van der Waals surface area contributed by atoms with Crippen LogP contribution in [0.5, 0.6) is 0 Å². The fraction of sp³-hybridized carbons (Fsp3) is 0.600. The van der Waals surface area contributed by atoms with Crippen molar-refractivity contribution in [1.82, 2.24) is 5.32 Å². The van der Waals surface area contributed by atoms with Gasteiger partial charge in [-0.3, -0.25) is 0 Å². The summed E-state index contributed by atoms with van der Waals surface area (Å²) in [6, 6.07) is 7.42. The van der Waals surface area contributed by atoms with Crippen molar-refractivity contribution >= 4 is 5.69 Å². The highest BCUT2D eigenvalue weighted by molar-refractivity contribution is 5.57. The van der Waals surface area contributed by atoms with Gasteiger partial charge in [0.15, 0.2) is 0 Å². The van der Waals surface area contributed by atoms with Crippen LogP contribution in [-0.2, 0) is 12.8 Å². The molecule has 0 saturated carbocycles. The summed E-state index contributed by atoms with van der Waals surface area (Å²) in [4.78, 5) is 0. The molecule has 2 nitrogen and oxygen atoms in total. The number of hydrogen-bond donors (Lipinski definition) is 2. The lowest BCUT2D eigenvalue weighted by Crippen LogP contribution is -2.37. The Kier molecular flexibility index (Phi) is 3.43. The second-order valence-corrected chi connectivity index (χ2v) is 6.17. The van der Waals surface area contributed by atoms with Crippen LogP contribution in [-0.4, -0.2) is 18.1 Å². The Morgan fingerprint density at radius 3 is 2.82 bits per heavy atom. The molecule has 2 rings (SSSR count). The van der Waals surface area contributed by atoms with E-state index in [9.17, 15) is 0 Å². The summed E-state index contributed by atoms with van der Waals surface area (Å²) < 4.78 is 0. The molecule has 1 heterocycles. The molecule has 17 heavy (non-hydrogen) atoms. The Balaban J connectivity index is 1.93. The van der Waals surface area contributed by atoms with Gasteiger partial charge in [-0.15, -0.1) is 0 Å². The van der Waals surface area contributed by atoms with Crippen molar-refractivity contribution in [2.45, 2.75) is 52.1 Å². The first-order valence-electron chi connectivity index (χ1n) is 6.57. The number of fused-ring (bicyclic) bond motifs is 1. The standard InChI is InChI=1S/C15H24N2/c1-11-9-13-10-12(5-6-14(13)17-11)7-8-16-15(2,3)4/h5-6,10-11,16-17H,7-9H2,1-4H3. The summed E-state index contributed by atoms with van der Waals surface area (Å²) in [5, 5.41) is 7.02. The molecule has 1 unspecified atom stereocenters. The molecular weight excluding hydrogens is 208 g/mol.